The summed E-state index contributed by atoms with van der Waals surface area (Å²) in [4.78, 5) is 14.2. The Morgan fingerprint density at radius 3 is 2.56 bits per heavy atom. The number of hydrogen-bond donors (Lipinski definition) is 2. The summed E-state index contributed by atoms with van der Waals surface area (Å²) in [6.07, 6.45) is 0.896. The Bertz CT molecular complexity index is 888. The molecule has 2 aromatic rings. The number of sulfonamides is 1. The van der Waals surface area contributed by atoms with Gasteiger partial charge in [-0.3, -0.25) is 14.8 Å². The van der Waals surface area contributed by atoms with Crippen LogP contribution in [0.25, 0.3) is 0 Å². The molecular formula is C15H19N3O5S2. The molecule has 0 fully saturated rings. The highest BCUT2D eigenvalue weighted by atomic mass is 32.2. The van der Waals surface area contributed by atoms with Crippen LogP contribution in [0.1, 0.15) is 37.9 Å². The number of aromatic nitrogens is 1. The van der Waals surface area contributed by atoms with Crippen LogP contribution in [0.5, 0.6) is 0 Å². The van der Waals surface area contributed by atoms with Gasteiger partial charge in [-0.25, -0.2) is 13.4 Å². The van der Waals surface area contributed by atoms with Crippen molar-refractivity contribution in [2.45, 2.75) is 44.1 Å². The molecule has 0 unspecified atom stereocenters. The van der Waals surface area contributed by atoms with Gasteiger partial charge >= 0.3 is 0 Å². The SMILES string of the molecule is CCC(O)(CC)c1csc(NS(=O)(=O)c2cc([N+](=O)[O-])ccc2C)n1. The molecular weight excluding hydrogens is 366 g/mol. The molecule has 10 heteroatoms. The summed E-state index contributed by atoms with van der Waals surface area (Å²) in [5.41, 5.74) is -0.636. The Labute approximate surface area is 149 Å². The lowest BCUT2D eigenvalue weighted by Crippen LogP contribution is -2.24. The average Bonchev–Trinajstić information content (AvgIpc) is 3.02. The van der Waals surface area contributed by atoms with E-state index in [0.29, 0.717) is 24.1 Å². The molecule has 136 valence electrons. The number of nitrogens with one attached hydrogen (secondary N) is 1. The van der Waals surface area contributed by atoms with Gasteiger partial charge in [-0.05, 0) is 25.3 Å². The molecule has 1 aromatic heterocycles. The molecule has 8 nitrogen and oxygen atoms in total. The van der Waals surface area contributed by atoms with Gasteiger partial charge in [-0.2, -0.15) is 0 Å². The summed E-state index contributed by atoms with van der Waals surface area (Å²) >= 11 is 1.05. The van der Waals surface area contributed by atoms with Crippen LogP contribution in [0.3, 0.4) is 0 Å². The third-order valence-electron chi connectivity index (χ3n) is 4.04. The number of nitro benzene ring substituents is 1. The molecule has 1 aromatic carbocycles. The van der Waals surface area contributed by atoms with E-state index in [1.807, 2.05) is 13.8 Å². The fraction of sp³-hybridized carbons (Fsp3) is 0.400. The van der Waals surface area contributed by atoms with Gasteiger partial charge in [0.15, 0.2) is 5.13 Å². The Kier molecular flexibility index (Phi) is 5.45. The molecule has 25 heavy (non-hydrogen) atoms. The number of rotatable bonds is 7. The van der Waals surface area contributed by atoms with Crippen LogP contribution in [0.15, 0.2) is 28.5 Å². The molecule has 0 saturated heterocycles. The zero-order valence-electron chi connectivity index (χ0n) is 14.0. The van der Waals surface area contributed by atoms with Crippen LogP contribution in [0.4, 0.5) is 10.8 Å². The third kappa shape index (κ3) is 3.97. The van der Waals surface area contributed by atoms with E-state index in [1.165, 1.54) is 12.1 Å². The molecule has 0 bridgehead atoms. The molecule has 2 rings (SSSR count). The van der Waals surface area contributed by atoms with Crippen LogP contribution in [-0.2, 0) is 15.6 Å². The van der Waals surface area contributed by atoms with Crippen LogP contribution < -0.4 is 4.72 Å². The standard InChI is InChI=1S/C15H19N3O5S2/c1-4-15(19,5-2)13-9-24-14(16-13)17-25(22,23)12-8-11(18(20)21)7-6-10(12)3/h6-9,19H,4-5H2,1-3H3,(H,16,17). The molecule has 2 N–H and O–H groups in total. The number of non-ortho nitro benzene ring substituents is 1. The fourth-order valence-corrected chi connectivity index (χ4v) is 4.63. The molecule has 0 aliphatic carbocycles. The molecule has 0 radical (unpaired) electrons. The number of benzene rings is 1. The number of nitrogens with zero attached hydrogens (tertiary/aromatic N) is 2. The van der Waals surface area contributed by atoms with E-state index in [1.54, 1.807) is 12.3 Å². The second kappa shape index (κ2) is 7.06. The summed E-state index contributed by atoms with van der Waals surface area (Å²) < 4.78 is 27.5. The number of anilines is 1. The minimum atomic E-state index is -4.03. The number of aliphatic hydroxyl groups is 1. The van der Waals surface area contributed by atoms with Gasteiger partial charge in [0.2, 0.25) is 0 Å². The lowest BCUT2D eigenvalue weighted by atomic mass is 9.94. The van der Waals surface area contributed by atoms with Gasteiger partial charge in [0.25, 0.3) is 15.7 Å². The number of nitro groups is 1. The number of thiazole rings is 1. The van der Waals surface area contributed by atoms with Gasteiger partial charge in [0, 0.05) is 17.5 Å². The number of hydrogen-bond acceptors (Lipinski definition) is 7. The highest BCUT2D eigenvalue weighted by Crippen LogP contribution is 2.32. The van der Waals surface area contributed by atoms with E-state index in [-0.39, 0.29) is 15.7 Å². The third-order valence-corrected chi connectivity index (χ3v) is 6.41. The minimum Gasteiger partial charge on any atom is -0.384 e. The van der Waals surface area contributed by atoms with Gasteiger partial charge in [-0.1, -0.05) is 19.9 Å². The smallest absolute Gasteiger partial charge is 0.270 e. The zero-order valence-corrected chi connectivity index (χ0v) is 15.6. The van der Waals surface area contributed by atoms with Crippen LogP contribution >= 0.6 is 11.3 Å². The van der Waals surface area contributed by atoms with Crippen molar-refractivity contribution >= 4 is 32.2 Å². The molecule has 0 amide bonds. The molecule has 0 atom stereocenters. The van der Waals surface area contributed by atoms with E-state index in [2.05, 4.69) is 9.71 Å². The average molecular weight is 385 g/mol. The first-order valence-corrected chi connectivity index (χ1v) is 9.95. The number of aryl methyl sites for hydroxylation is 1. The van der Waals surface area contributed by atoms with Gasteiger partial charge in [0.05, 0.1) is 15.5 Å². The van der Waals surface area contributed by atoms with E-state index in [9.17, 15) is 23.6 Å². The summed E-state index contributed by atoms with van der Waals surface area (Å²) in [6, 6.07) is 3.64. The van der Waals surface area contributed by atoms with E-state index in [0.717, 1.165) is 17.4 Å². The maximum absolute atomic E-state index is 12.6. The zero-order chi connectivity index (χ0) is 18.8. The summed E-state index contributed by atoms with van der Waals surface area (Å²) in [5, 5.41) is 23.0. The highest BCUT2D eigenvalue weighted by Gasteiger charge is 2.29. The van der Waals surface area contributed by atoms with Gasteiger partial charge < -0.3 is 5.11 Å². The highest BCUT2D eigenvalue weighted by molar-refractivity contribution is 7.93. The molecule has 0 aliphatic rings. The first-order chi connectivity index (χ1) is 11.6. The van der Waals surface area contributed by atoms with Crippen LogP contribution in [-0.4, -0.2) is 23.4 Å². The molecule has 0 aliphatic heterocycles. The van der Waals surface area contributed by atoms with Gasteiger partial charge in [0.1, 0.15) is 5.60 Å². The first kappa shape index (κ1) is 19.3. The monoisotopic (exact) mass is 385 g/mol. The molecule has 0 spiro atoms. The maximum atomic E-state index is 12.6. The largest absolute Gasteiger partial charge is 0.384 e. The molecule has 1 heterocycles. The van der Waals surface area contributed by atoms with Crippen molar-refractivity contribution in [1.82, 2.24) is 4.98 Å². The Balaban J connectivity index is 2.36. The van der Waals surface area contributed by atoms with Crippen LogP contribution in [0, 0.1) is 17.0 Å². The second-order valence-electron chi connectivity index (χ2n) is 5.59. The lowest BCUT2D eigenvalue weighted by molar-refractivity contribution is -0.385. The van der Waals surface area contributed by atoms with Crippen molar-refractivity contribution in [1.29, 1.82) is 0 Å². The Morgan fingerprint density at radius 2 is 2.00 bits per heavy atom. The van der Waals surface area contributed by atoms with E-state index in [4.69, 9.17) is 0 Å². The predicted octanol–water partition coefficient (Wildman–Crippen LogP) is 3.17. The maximum Gasteiger partial charge on any atom is 0.270 e. The first-order valence-electron chi connectivity index (χ1n) is 7.59. The van der Waals surface area contributed by atoms with Crippen LogP contribution in [0.2, 0.25) is 0 Å². The topological polar surface area (TPSA) is 122 Å². The lowest BCUT2D eigenvalue weighted by Gasteiger charge is -2.22. The Morgan fingerprint density at radius 1 is 1.36 bits per heavy atom. The van der Waals surface area contributed by atoms with E-state index >= 15 is 0 Å². The summed E-state index contributed by atoms with van der Waals surface area (Å²) in [6.45, 7) is 5.19. The summed E-state index contributed by atoms with van der Waals surface area (Å²) in [7, 11) is -4.03. The van der Waals surface area contributed by atoms with E-state index < -0.39 is 20.5 Å². The van der Waals surface area contributed by atoms with Crippen molar-refractivity contribution < 1.29 is 18.4 Å². The fourth-order valence-electron chi connectivity index (χ4n) is 2.31. The molecule has 0 saturated carbocycles. The van der Waals surface area contributed by atoms with Crippen molar-refractivity contribution in [3.05, 3.63) is 45.0 Å². The van der Waals surface area contributed by atoms with Gasteiger partial charge in [-0.15, -0.1) is 11.3 Å². The van der Waals surface area contributed by atoms with Crippen molar-refractivity contribution in [3.8, 4) is 0 Å². The van der Waals surface area contributed by atoms with Crippen molar-refractivity contribution in [2.24, 2.45) is 0 Å². The van der Waals surface area contributed by atoms with Crippen molar-refractivity contribution in [3.63, 3.8) is 0 Å². The minimum absolute atomic E-state index is 0.0984. The van der Waals surface area contributed by atoms with Crippen molar-refractivity contribution in [2.75, 3.05) is 4.72 Å². The Hall–Kier alpha value is -2.04. The normalized spacial score (nSPS) is 12.2. The predicted molar refractivity (Wildman–Crippen MR) is 95.2 cm³/mol. The quantitative estimate of drug-likeness (QED) is 0.557. The summed E-state index contributed by atoms with van der Waals surface area (Å²) in [5.74, 6) is 0. The second-order valence-corrected chi connectivity index (χ2v) is 8.10.